The average molecular weight is 532 g/mol. The van der Waals surface area contributed by atoms with Gasteiger partial charge in [-0.05, 0) is 91.4 Å². The molecule has 7 rings (SSSR count). The summed E-state index contributed by atoms with van der Waals surface area (Å²) in [6.07, 6.45) is 7.07. The molecule has 2 aliphatic rings. The predicted octanol–water partition coefficient (Wildman–Crippen LogP) is 8.09. The van der Waals surface area contributed by atoms with E-state index in [1.54, 1.807) is 13.2 Å². The lowest BCUT2D eigenvalue weighted by Crippen LogP contribution is -2.14. The van der Waals surface area contributed by atoms with E-state index in [-0.39, 0.29) is 0 Å². The van der Waals surface area contributed by atoms with Crippen molar-refractivity contribution in [2.75, 3.05) is 19.0 Å². The van der Waals surface area contributed by atoms with Crippen molar-refractivity contribution in [3.8, 4) is 28.3 Å². The van der Waals surface area contributed by atoms with Crippen molar-refractivity contribution in [1.82, 2.24) is 9.55 Å². The van der Waals surface area contributed by atoms with Crippen LogP contribution in [0.4, 0.5) is 5.69 Å². The first-order valence-electron chi connectivity index (χ1n) is 14.3. The Labute approximate surface area is 233 Å². The minimum atomic E-state index is -0.880. The first kappa shape index (κ1) is 24.7. The molecule has 5 aromatic rings. The van der Waals surface area contributed by atoms with Crippen molar-refractivity contribution in [3.05, 3.63) is 77.9 Å². The molecule has 1 aliphatic carbocycles. The number of aromatic nitrogens is 2. The SMILES string of the molecule is COc1ccc(-c2ccc3c4c(ccc3n2)-c2c(C3CCCCC3)c3ccc(C(=O)O)cc3n2CCCN4)cc1. The van der Waals surface area contributed by atoms with Gasteiger partial charge < -0.3 is 19.7 Å². The summed E-state index contributed by atoms with van der Waals surface area (Å²) in [6, 6.07) is 22.4. The van der Waals surface area contributed by atoms with Crippen LogP contribution in [0.25, 0.3) is 44.3 Å². The Bertz CT molecular complexity index is 1750. The van der Waals surface area contributed by atoms with Gasteiger partial charge in [-0.15, -0.1) is 0 Å². The Morgan fingerprint density at radius 3 is 2.52 bits per heavy atom. The van der Waals surface area contributed by atoms with Crippen LogP contribution in [-0.4, -0.2) is 34.3 Å². The fraction of sp³-hybridized carbons (Fsp3) is 0.294. The van der Waals surface area contributed by atoms with Crippen LogP contribution in [0.15, 0.2) is 66.7 Å². The van der Waals surface area contributed by atoms with Crippen LogP contribution in [0.3, 0.4) is 0 Å². The third kappa shape index (κ3) is 4.10. The van der Waals surface area contributed by atoms with Gasteiger partial charge in [-0.3, -0.25) is 0 Å². The van der Waals surface area contributed by atoms with E-state index in [2.05, 4.69) is 40.2 Å². The minimum absolute atomic E-state index is 0.345. The second-order valence-corrected chi connectivity index (χ2v) is 11.0. The summed E-state index contributed by atoms with van der Waals surface area (Å²) in [5.41, 5.74) is 9.25. The number of ether oxygens (including phenoxy) is 1. The molecule has 40 heavy (non-hydrogen) atoms. The van der Waals surface area contributed by atoms with Crippen LogP contribution in [0.5, 0.6) is 5.75 Å². The number of rotatable bonds is 4. The van der Waals surface area contributed by atoms with Gasteiger partial charge in [0.25, 0.3) is 0 Å². The lowest BCUT2D eigenvalue weighted by atomic mass is 9.81. The van der Waals surface area contributed by atoms with Crippen molar-refractivity contribution >= 4 is 33.5 Å². The van der Waals surface area contributed by atoms with Gasteiger partial charge in [-0.25, -0.2) is 9.78 Å². The second kappa shape index (κ2) is 10.0. The second-order valence-electron chi connectivity index (χ2n) is 11.0. The van der Waals surface area contributed by atoms with E-state index in [1.165, 1.54) is 54.3 Å². The molecule has 6 nitrogen and oxygen atoms in total. The molecular weight excluding hydrogens is 498 g/mol. The zero-order valence-electron chi connectivity index (χ0n) is 22.7. The van der Waals surface area contributed by atoms with Gasteiger partial charge >= 0.3 is 5.97 Å². The molecule has 1 saturated carbocycles. The molecule has 202 valence electrons. The third-order valence-corrected chi connectivity index (χ3v) is 8.74. The number of methoxy groups -OCH3 is 1. The predicted molar refractivity (Wildman–Crippen MR) is 161 cm³/mol. The van der Waals surface area contributed by atoms with Gasteiger partial charge in [0.1, 0.15) is 5.75 Å². The Hall–Kier alpha value is -4.32. The average Bonchev–Trinajstić information content (AvgIpc) is 3.30. The van der Waals surface area contributed by atoms with E-state index in [4.69, 9.17) is 9.72 Å². The van der Waals surface area contributed by atoms with E-state index >= 15 is 0 Å². The van der Waals surface area contributed by atoms with Crippen LogP contribution in [0.1, 0.15) is 60.4 Å². The van der Waals surface area contributed by atoms with Crippen molar-refractivity contribution < 1.29 is 14.6 Å². The smallest absolute Gasteiger partial charge is 0.335 e. The number of benzene rings is 3. The van der Waals surface area contributed by atoms with Crippen LogP contribution >= 0.6 is 0 Å². The van der Waals surface area contributed by atoms with Crippen LogP contribution in [0.2, 0.25) is 0 Å². The molecule has 3 heterocycles. The summed E-state index contributed by atoms with van der Waals surface area (Å²) in [5, 5.41) is 15.9. The Balaban J connectivity index is 1.45. The highest BCUT2D eigenvalue weighted by atomic mass is 16.5. The molecule has 0 radical (unpaired) electrons. The number of nitrogens with one attached hydrogen (secondary N) is 1. The van der Waals surface area contributed by atoms with Gasteiger partial charge in [-0.1, -0.05) is 25.3 Å². The molecule has 0 amide bonds. The summed E-state index contributed by atoms with van der Waals surface area (Å²) < 4.78 is 7.72. The van der Waals surface area contributed by atoms with E-state index in [9.17, 15) is 9.90 Å². The van der Waals surface area contributed by atoms with E-state index in [1.807, 2.05) is 30.3 Å². The van der Waals surface area contributed by atoms with Gasteiger partial charge in [0.2, 0.25) is 0 Å². The normalized spacial score (nSPS) is 15.6. The number of carbonyl (C=O) groups is 1. The van der Waals surface area contributed by atoms with Crippen molar-refractivity contribution in [3.63, 3.8) is 0 Å². The van der Waals surface area contributed by atoms with E-state index in [0.717, 1.165) is 58.6 Å². The maximum atomic E-state index is 11.9. The topological polar surface area (TPSA) is 76.4 Å². The fourth-order valence-corrected chi connectivity index (χ4v) is 6.80. The zero-order chi connectivity index (χ0) is 27.2. The van der Waals surface area contributed by atoms with Crippen LogP contribution in [-0.2, 0) is 6.54 Å². The monoisotopic (exact) mass is 531 g/mol. The highest BCUT2D eigenvalue weighted by Crippen LogP contribution is 2.47. The number of fused-ring (bicyclic) bond motifs is 7. The molecule has 1 fully saturated rings. The number of hydrogen-bond donors (Lipinski definition) is 2. The maximum absolute atomic E-state index is 11.9. The molecule has 0 bridgehead atoms. The molecule has 0 saturated heterocycles. The lowest BCUT2D eigenvalue weighted by molar-refractivity contribution is 0.0697. The molecule has 0 atom stereocenters. The summed E-state index contributed by atoms with van der Waals surface area (Å²) in [7, 11) is 1.68. The lowest BCUT2D eigenvalue weighted by Gasteiger charge is -2.26. The highest BCUT2D eigenvalue weighted by Gasteiger charge is 2.29. The molecule has 2 N–H and O–H groups in total. The molecule has 3 aromatic carbocycles. The molecule has 1 aliphatic heterocycles. The molecule has 6 heteroatoms. The van der Waals surface area contributed by atoms with Gasteiger partial charge in [0.05, 0.1) is 35.3 Å². The molecule has 0 spiro atoms. The molecule has 0 unspecified atom stereocenters. The number of hydrogen-bond acceptors (Lipinski definition) is 4. The Morgan fingerprint density at radius 1 is 0.950 bits per heavy atom. The van der Waals surface area contributed by atoms with E-state index in [0.29, 0.717) is 11.5 Å². The fourth-order valence-electron chi connectivity index (χ4n) is 6.80. The summed E-state index contributed by atoms with van der Waals surface area (Å²) in [6.45, 7) is 1.68. The number of aromatic carboxylic acids is 1. The van der Waals surface area contributed by atoms with Crippen LogP contribution < -0.4 is 10.1 Å². The van der Waals surface area contributed by atoms with E-state index < -0.39 is 5.97 Å². The maximum Gasteiger partial charge on any atom is 0.335 e. The number of carboxylic acids is 1. The summed E-state index contributed by atoms with van der Waals surface area (Å²) in [5.74, 6) is 0.422. The highest BCUT2D eigenvalue weighted by molar-refractivity contribution is 6.05. The van der Waals surface area contributed by atoms with Gasteiger partial charge in [0.15, 0.2) is 0 Å². The summed E-state index contributed by atoms with van der Waals surface area (Å²) in [4.78, 5) is 17.0. The number of nitrogens with zero attached hydrogens (tertiary/aromatic N) is 2. The quantitative estimate of drug-likeness (QED) is 0.245. The number of anilines is 1. The van der Waals surface area contributed by atoms with Crippen molar-refractivity contribution in [1.29, 1.82) is 0 Å². The largest absolute Gasteiger partial charge is 0.497 e. The Morgan fingerprint density at radius 2 is 1.75 bits per heavy atom. The first-order valence-corrected chi connectivity index (χ1v) is 14.3. The molecule has 2 aromatic heterocycles. The number of pyridine rings is 1. The van der Waals surface area contributed by atoms with Crippen molar-refractivity contribution in [2.45, 2.75) is 51.0 Å². The van der Waals surface area contributed by atoms with Crippen molar-refractivity contribution in [2.24, 2.45) is 0 Å². The first-order chi connectivity index (χ1) is 19.6. The van der Waals surface area contributed by atoms with Crippen LogP contribution in [0, 0.1) is 0 Å². The number of carboxylic acid groups (broad SMARTS) is 1. The summed E-state index contributed by atoms with van der Waals surface area (Å²) >= 11 is 0. The molecular formula is C34H33N3O3. The Kier molecular flexibility index (Phi) is 6.18. The standard InChI is InChI=1S/C34H33N3O3/c1-40-24-11-8-21(9-12-24)28-16-14-25-29(36-28)17-15-27-32(25)35-18-5-19-37-30-20-23(34(38)39)10-13-26(30)31(33(27)37)22-6-3-2-4-7-22/h8-17,20,22,35H,2-7,18-19H2,1H3,(H,38,39). The number of aryl methyl sites for hydroxylation is 1. The van der Waals surface area contributed by atoms with Gasteiger partial charge in [0, 0.05) is 40.5 Å². The van der Waals surface area contributed by atoms with Gasteiger partial charge in [-0.2, -0.15) is 0 Å². The zero-order valence-corrected chi connectivity index (χ0v) is 22.7. The minimum Gasteiger partial charge on any atom is -0.497 e. The third-order valence-electron chi connectivity index (χ3n) is 8.74.